The summed E-state index contributed by atoms with van der Waals surface area (Å²) < 4.78 is 0. The second kappa shape index (κ2) is 6.26. The van der Waals surface area contributed by atoms with Gasteiger partial charge in [0.15, 0.2) is 0 Å². The lowest BCUT2D eigenvalue weighted by Crippen LogP contribution is -2.48. The first-order valence-electron chi connectivity index (χ1n) is 8.52. The molecule has 2 saturated carbocycles. The van der Waals surface area contributed by atoms with E-state index in [2.05, 4.69) is 0 Å². The van der Waals surface area contributed by atoms with Gasteiger partial charge in [-0.1, -0.05) is 19.3 Å². The van der Waals surface area contributed by atoms with Gasteiger partial charge < -0.3 is 9.80 Å². The summed E-state index contributed by atoms with van der Waals surface area (Å²) >= 11 is 0. The Morgan fingerprint density at radius 3 is 2.41 bits per heavy atom. The Hall–Kier alpha value is -1.59. The van der Waals surface area contributed by atoms with Crippen LogP contribution in [0, 0.1) is 0 Å². The molecule has 3 rings (SSSR count). The normalized spacial score (nSPS) is 23.3. The molecule has 0 aromatic rings. The largest absolute Gasteiger partial charge is 0.338 e. The Balaban J connectivity index is 1.62. The van der Waals surface area contributed by atoms with E-state index < -0.39 is 0 Å². The molecule has 1 saturated heterocycles. The Kier molecular flexibility index (Phi) is 4.36. The molecule has 3 aliphatic rings. The number of likely N-dealkylation sites (N-methyl/N-ethyl adjacent to an activating group) is 1. The lowest BCUT2D eigenvalue weighted by atomic mass is 9.94. The minimum absolute atomic E-state index is 0.0891. The van der Waals surface area contributed by atoms with E-state index in [0.717, 1.165) is 43.4 Å². The van der Waals surface area contributed by atoms with Gasteiger partial charge in [0.05, 0.1) is 0 Å². The van der Waals surface area contributed by atoms with Gasteiger partial charge in [-0.3, -0.25) is 14.5 Å². The first-order valence-corrected chi connectivity index (χ1v) is 8.52. The third-order valence-electron chi connectivity index (χ3n) is 5.04. The van der Waals surface area contributed by atoms with Crippen molar-refractivity contribution in [3.8, 4) is 0 Å². The molecule has 122 valence electrons. The minimum Gasteiger partial charge on any atom is -0.338 e. The highest BCUT2D eigenvalue weighted by Crippen LogP contribution is 2.30. The van der Waals surface area contributed by atoms with Crippen molar-refractivity contribution in [2.24, 2.45) is 0 Å². The summed E-state index contributed by atoms with van der Waals surface area (Å²) in [6, 6.07) is 0.219. The summed E-state index contributed by atoms with van der Waals surface area (Å²) in [5.41, 5.74) is 0. The number of hydrogen-bond acceptors (Lipinski definition) is 3. The van der Waals surface area contributed by atoms with Gasteiger partial charge in [-0.2, -0.15) is 0 Å². The lowest BCUT2D eigenvalue weighted by Gasteiger charge is -2.34. The van der Waals surface area contributed by atoms with Crippen molar-refractivity contribution < 1.29 is 14.4 Å². The first kappa shape index (κ1) is 15.3. The van der Waals surface area contributed by atoms with Crippen LogP contribution in [0.2, 0.25) is 0 Å². The van der Waals surface area contributed by atoms with Crippen LogP contribution in [0.1, 0.15) is 51.9 Å². The summed E-state index contributed by atoms with van der Waals surface area (Å²) in [5, 5.41) is 0. The van der Waals surface area contributed by atoms with Crippen LogP contribution >= 0.6 is 0 Å². The second-order valence-electron chi connectivity index (χ2n) is 6.59. The minimum atomic E-state index is -0.277. The highest BCUT2D eigenvalue weighted by Gasteiger charge is 2.44. The van der Waals surface area contributed by atoms with E-state index in [1.165, 1.54) is 6.42 Å². The smallest absolute Gasteiger partial charge is 0.327 e. The molecular formula is C16H25N3O3. The van der Waals surface area contributed by atoms with Crippen molar-refractivity contribution in [1.29, 1.82) is 0 Å². The standard InChI is InChI=1S/C16H25N3O3/c1-2-17(12-6-4-3-5-7-12)14(20)11-19-15(21)10-18(16(19)22)13-8-9-13/h12-13H,2-11H2,1H3. The Morgan fingerprint density at radius 2 is 1.82 bits per heavy atom. The maximum atomic E-state index is 12.6. The highest BCUT2D eigenvalue weighted by atomic mass is 16.2. The molecule has 3 fully saturated rings. The fraction of sp³-hybridized carbons (Fsp3) is 0.812. The zero-order chi connectivity index (χ0) is 15.7. The van der Waals surface area contributed by atoms with Crippen LogP contribution in [0.4, 0.5) is 4.79 Å². The average Bonchev–Trinajstić information content (AvgIpc) is 3.32. The number of nitrogens with zero attached hydrogens (tertiary/aromatic N) is 3. The number of imide groups is 1. The van der Waals surface area contributed by atoms with E-state index in [9.17, 15) is 14.4 Å². The monoisotopic (exact) mass is 307 g/mol. The van der Waals surface area contributed by atoms with Crippen LogP contribution < -0.4 is 0 Å². The fourth-order valence-electron chi connectivity index (χ4n) is 3.64. The summed E-state index contributed by atoms with van der Waals surface area (Å²) in [4.78, 5) is 41.5. The number of hydrogen-bond donors (Lipinski definition) is 0. The Bertz CT molecular complexity index is 469. The van der Waals surface area contributed by atoms with E-state index in [0.29, 0.717) is 6.54 Å². The van der Waals surface area contributed by atoms with Gasteiger partial charge in [0, 0.05) is 18.6 Å². The number of carbonyl (C=O) groups excluding carboxylic acids is 3. The van der Waals surface area contributed by atoms with Crippen LogP contribution in [0.15, 0.2) is 0 Å². The third kappa shape index (κ3) is 2.96. The topological polar surface area (TPSA) is 60.9 Å². The van der Waals surface area contributed by atoms with Gasteiger partial charge >= 0.3 is 6.03 Å². The van der Waals surface area contributed by atoms with Crippen molar-refractivity contribution in [2.75, 3.05) is 19.6 Å². The highest BCUT2D eigenvalue weighted by molar-refractivity contribution is 6.04. The molecule has 2 aliphatic carbocycles. The molecule has 0 unspecified atom stereocenters. The van der Waals surface area contributed by atoms with E-state index in [1.807, 2.05) is 11.8 Å². The van der Waals surface area contributed by atoms with Crippen molar-refractivity contribution in [3.05, 3.63) is 0 Å². The van der Waals surface area contributed by atoms with Crippen LogP contribution in [0.3, 0.4) is 0 Å². The van der Waals surface area contributed by atoms with E-state index in [1.54, 1.807) is 4.90 Å². The second-order valence-corrected chi connectivity index (χ2v) is 6.59. The molecule has 0 spiro atoms. The maximum Gasteiger partial charge on any atom is 0.327 e. The molecule has 0 atom stereocenters. The Morgan fingerprint density at radius 1 is 1.14 bits per heavy atom. The van der Waals surface area contributed by atoms with Crippen LogP contribution in [0.5, 0.6) is 0 Å². The molecule has 1 aliphatic heterocycles. The number of urea groups is 1. The third-order valence-corrected chi connectivity index (χ3v) is 5.04. The van der Waals surface area contributed by atoms with Gasteiger partial charge in [-0.15, -0.1) is 0 Å². The van der Waals surface area contributed by atoms with Crippen LogP contribution in [-0.4, -0.2) is 64.3 Å². The quantitative estimate of drug-likeness (QED) is 0.725. The van der Waals surface area contributed by atoms with Gasteiger partial charge in [-0.05, 0) is 32.6 Å². The molecule has 0 aromatic carbocycles. The molecule has 22 heavy (non-hydrogen) atoms. The molecule has 0 radical (unpaired) electrons. The lowest BCUT2D eigenvalue weighted by molar-refractivity contribution is -0.138. The molecular weight excluding hydrogens is 282 g/mol. The fourth-order valence-corrected chi connectivity index (χ4v) is 3.64. The zero-order valence-electron chi connectivity index (χ0n) is 13.3. The van der Waals surface area contributed by atoms with Gasteiger partial charge in [0.2, 0.25) is 5.91 Å². The number of rotatable bonds is 5. The zero-order valence-corrected chi connectivity index (χ0v) is 13.3. The molecule has 4 amide bonds. The van der Waals surface area contributed by atoms with Crippen LogP contribution in [0.25, 0.3) is 0 Å². The molecule has 6 heteroatoms. The number of amides is 4. The molecule has 1 heterocycles. The molecule has 0 bridgehead atoms. The van der Waals surface area contributed by atoms with Gasteiger partial charge in [0.25, 0.3) is 5.91 Å². The van der Waals surface area contributed by atoms with E-state index in [-0.39, 0.29) is 43.0 Å². The number of carbonyl (C=O) groups is 3. The summed E-state index contributed by atoms with van der Waals surface area (Å²) in [6.45, 7) is 2.67. The Labute approximate surface area is 131 Å². The van der Waals surface area contributed by atoms with Crippen molar-refractivity contribution >= 4 is 17.8 Å². The predicted molar refractivity (Wildman–Crippen MR) is 81.1 cm³/mol. The summed E-state index contributed by atoms with van der Waals surface area (Å²) in [5.74, 6) is -0.321. The first-order chi connectivity index (χ1) is 10.6. The average molecular weight is 307 g/mol. The van der Waals surface area contributed by atoms with Crippen molar-refractivity contribution in [3.63, 3.8) is 0 Å². The predicted octanol–water partition coefficient (Wildman–Crippen LogP) is 1.59. The summed E-state index contributed by atoms with van der Waals surface area (Å²) in [7, 11) is 0. The molecule has 0 N–H and O–H groups in total. The van der Waals surface area contributed by atoms with E-state index >= 15 is 0 Å². The summed E-state index contributed by atoms with van der Waals surface area (Å²) in [6.07, 6.45) is 7.58. The van der Waals surface area contributed by atoms with Crippen molar-refractivity contribution in [2.45, 2.75) is 64.0 Å². The van der Waals surface area contributed by atoms with Gasteiger partial charge in [0.1, 0.15) is 13.1 Å². The van der Waals surface area contributed by atoms with Crippen LogP contribution in [-0.2, 0) is 9.59 Å². The molecule has 6 nitrogen and oxygen atoms in total. The van der Waals surface area contributed by atoms with Gasteiger partial charge in [-0.25, -0.2) is 4.79 Å². The SMILES string of the molecule is CCN(C(=O)CN1C(=O)CN(C2CC2)C1=O)C1CCCCC1. The van der Waals surface area contributed by atoms with E-state index in [4.69, 9.17) is 0 Å². The van der Waals surface area contributed by atoms with Crippen molar-refractivity contribution in [1.82, 2.24) is 14.7 Å². The maximum absolute atomic E-state index is 12.6. The molecule has 0 aromatic heterocycles.